The zero-order valence-electron chi connectivity index (χ0n) is 8.43. The van der Waals surface area contributed by atoms with Crippen molar-refractivity contribution in [3.8, 4) is 0 Å². The molecule has 0 saturated carbocycles. The van der Waals surface area contributed by atoms with Gasteiger partial charge in [-0.1, -0.05) is 24.3 Å². The predicted octanol–water partition coefficient (Wildman–Crippen LogP) is 2.22. The second-order valence-electron chi connectivity index (χ2n) is 3.63. The van der Waals surface area contributed by atoms with Gasteiger partial charge < -0.3 is 5.11 Å². The molecule has 2 rings (SSSR count). The summed E-state index contributed by atoms with van der Waals surface area (Å²) in [7, 11) is -1.19. The van der Waals surface area contributed by atoms with Gasteiger partial charge >= 0.3 is 0 Å². The van der Waals surface area contributed by atoms with Crippen LogP contribution in [0, 0.1) is 0 Å². The third-order valence-electron chi connectivity index (χ3n) is 2.53. The van der Waals surface area contributed by atoms with E-state index in [-0.39, 0.29) is 0 Å². The number of aliphatic hydroxyl groups is 1. The van der Waals surface area contributed by atoms with Gasteiger partial charge in [-0.05, 0) is 31.4 Å². The SMILES string of the molecule is O=S(C1=CCCC[C@@H]1O)c1ccccc1. The highest BCUT2D eigenvalue weighted by molar-refractivity contribution is 7.89. The molecule has 0 bridgehead atoms. The van der Waals surface area contributed by atoms with E-state index in [9.17, 15) is 9.32 Å². The molecule has 0 aromatic heterocycles. The Kier molecular flexibility index (Phi) is 3.34. The summed E-state index contributed by atoms with van der Waals surface area (Å²) in [4.78, 5) is 1.44. The first-order valence-electron chi connectivity index (χ1n) is 5.14. The van der Waals surface area contributed by atoms with E-state index < -0.39 is 16.9 Å². The van der Waals surface area contributed by atoms with Crippen LogP contribution in [0.4, 0.5) is 0 Å². The molecule has 2 nitrogen and oxygen atoms in total. The lowest BCUT2D eigenvalue weighted by atomic mass is 10.1. The van der Waals surface area contributed by atoms with Crippen molar-refractivity contribution in [1.82, 2.24) is 0 Å². The van der Waals surface area contributed by atoms with Gasteiger partial charge in [0.2, 0.25) is 0 Å². The van der Waals surface area contributed by atoms with Crippen LogP contribution in [0.1, 0.15) is 19.3 Å². The van der Waals surface area contributed by atoms with Crippen molar-refractivity contribution in [2.24, 2.45) is 0 Å². The Labute approximate surface area is 92.1 Å². The van der Waals surface area contributed by atoms with Crippen LogP contribution < -0.4 is 0 Å². The molecule has 2 atom stereocenters. The minimum atomic E-state index is -1.19. The molecule has 0 aliphatic heterocycles. The summed E-state index contributed by atoms with van der Waals surface area (Å²) < 4.78 is 12.1. The standard InChI is InChI=1S/C12H14O2S/c13-11-8-4-5-9-12(11)15(14)10-6-2-1-3-7-10/h1-3,6-7,9,11,13H,4-5,8H2/t11-,15?/m0/s1. The van der Waals surface area contributed by atoms with Crippen LogP contribution in [0.5, 0.6) is 0 Å². The largest absolute Gasteiger partial charge is 0.388 e. The molecule has 1 aliphatic carbocycles. The van der Waals surface area contributed by atoms with Crippen LogP contribution in [-0.4, -0.2) is 15.4 Å². The van der Waals surface area contributed by atoms with E-state index in [1.807, 2.05) is 36.4 Å². The van der Waals surface area contributed by atoms with Crippen molar-refractivity contribution in [1.29, 1.82) is 0 Å². The number of aliphatic hydroxyl groups excluding tert-OH is 1. The molecule has 15 heavy (non-hydrogen) atoms. The summed E-state index contributed by atoms with van der Waals surface area (Å²) in [5.41, 5.74) is 0. The first-order chi connectivity index (χ1) is 7.29. The van der Waals surface area contributed by atoms with Crippen LogP contribution in [0.15, 0.2) is 46.2 Å². The zero-order valence-corrected chi connectivity index (χ0v) is 9.24. The molecule has 1 unspecified atom stereocenters. The Morgan fingerprint density at radius 1 is 1.27 bits per heavy atom. The number of hydrogen-bond donors (Lipinski definition) is 1. The number of allylic oxidation sites excluding steroid dienone is 1. The van der Waals surface area contributed by atoms with Crippen molar-refractivity contribution in [2.45, 2.75) is 30.3 Å². The first-order valence-corrected chi connectivity index (χ1v) is 6.29. The molecule has 1 aliphatic rings. The molecule has 0 heterocycles. The summed E-state index contributed by atoms with van der Waals surface area (Å²) in [5.74, 6) is 0. The molecule has 0 spiro atoms. The Morgan fingerprint density at radius 3 is 2.67 bits per heavy atom. The molecule has 1 N–H and O–H groups in total. The van der Waals surface area contributed by atoms with E-state index in [0.717, 1.165) is 24.2 Å². The van der Waals surface area contributed by atoms with Gasteiger partial charge in [-0.15, -0.1) is 0 Å². The summed E-state index contributed by atoms with van der Waals surface area (Å²) in [6, 6.07) is 9.29. The molecule has 0 amide bonds. The maximum atomic E-state index is 12.1. The summed E-state index contributed by atoms with van der Waals surface area (Å²) in [6.07, 6.45) is 4.02. The monoisotopic (exact) mass is 222 g/mol. The van der Waals surface area contributed by atoms with Gasteiger partial charge in [0.1, 0.15) is 0 Å². The fourth-order valence-electron chi connectivity index (χ4n) is 1.71. The number of benzene rings is 1. The summed E-state index contributed by atoms with van der Waals surface area (Å²) in [6.45, 7) is 0. The maximum absolute atomic E-state index is 12.1. The quantitative estimate of drug-likeness (QED) is 0.833. The first kappa shape index (κ1) is 10.6. The molecule has 3 heteroatoms. The molecule has 0 saturated heterocycles. The topological polar surface area (TPSA) is 37.3 Å². The molecule has 1 aromatic carbocycles. The molecular formula is C12H14O2S. The Bertz CT molecular complexity index is 384. The summed E-state index contributed by atoms with van der Waals surface area (Å²) in [5, 5.41) is 9.74. The van der Waals surface area contributed by atoms with E-state index in [2.05, 4.69) is 0 Å². The van der Waals surface area contributed by atoms with Gasteiger partial charge in [0.05, 0.1) is 16.9 Å². The lowest BCUT2D eigenvalue weighted by Crippen LogP contribution is -2.17. The van der Waals surface area contributed by atoms with Crippen molar-refractivity contribution in [2.75, 3.05) is 0 Å². The minimum absolute atomic E-state index is 0.528. The average molecular weight is 222 g/mol. The zero-order chi connectivity index (χ0) is 10.7. The van der Waals surface area contributed by atoms with Gasteiger partial charge in [-0.2, -0.15) is 0 Å². The normalized spacial score (nSPS) is 23.3. The Balaban J connectivity index is 2.25. The number of rotatable bonds is 2. The highest BCUT2D eigenvalue weighted by atomic mass is 32.2. The Hall–Kier alpha value is -0.930. The van der Waals surface area contributed by atoms with Crippen LogP contribution in [0.2, 0.25) is 0 Å². The van der Waals surface area contributed by atoms with Crippen molar-refractivity contribution < 1.29 is 9.32 Å². The second kappa shape index (κ2) is 4.73. The second-order valence-corrected chi connectivity index (χ2v) is 5.12. The highest BCUT2D eigenvalue weighted by Gasteiger charge is 2.20. The molecule has 1 aromatic rings. The van der Waals surface area contributed by atoms with Gasteiger partial charge in [0.15, 0.2) is 0 Å². The van der Waals surface area contributed by atoms with E-state index >= 15 is 0 Å². The molecule has 0 radical (unpaired) electrons. The minimum Gasteiger partial charge on any atom is -0.388 e. The van der Waals surface area contributed by atoms with Crippen molar-refractivity contribution in [3.05, 3.63) is 41.3 Å². The van der Waals surface area contributed by atoms with Crippen LogP contribution in [0.3, 0.4) is 0 Å². The van der Waals surface area contributed by atoms with Crippen LogP contribution in [-0.2, 0) is 10.8 Å². The van der Waals surface area contributed by atoms with Gasteiger partial charge in [0.25, 0.3) is 0 Å². The van der Waals surface area contributed by atoms with E-state index in [1.165, 1.54) is 0 Å². The van der Waals surface area contributed by atoms with Gasteiger partial charge in [-0.25, -0.2) is 4.21 Å². The maximum Gasteiger partial charge on any atom is 0.0874 e. The highest BCUT2D eigenvalue weighted by Crippen LogP contribution is 2.24. The van der Waals surface area contributed by atoms with Gasteiger partial charge in [0, 0.05) is 9.80 Å². The molecule has 0 fully saturated rings. The van der Waals surface area contributed by atoms with E-state index in [4.69, 9.17) is 0 Å². The van der Waals surface area contributed by atoms with Gasteiger partial charge in [-0.3, -0.25) is 0 Å². The Morgan fingerprint density at radius 2 is 2.00 bits per heavy atom. The smallest absolute Gasteiger partial charge is 0.0874 e. The van der Waals surface area contributed by atoms with Crippen LogP contribution in [0.25, 0.3) is 0 Å². The summed E-state index contributed by atoms with van der Waals surface area (Å²) >= 11 is 0. The third-order valence-corrected chi connectivity index (χ3v) is 4.09. The molecule has 80 valence electrons. The molecular weight excluding hydrogens is 208 g/mol. The van der Waals surface area contributed by atoms with Crippen LogP contribution >= 0.6 is 0 Å². The van der Waals surface area contributed by atoms with E-state index in [1.54, 1.807) is 0 Å². The fourth-order valence-corrected chi connectivity index (χ4v) is 3.02. The number of hydrogen-bond acceptors (Lipinski definition) is 2. The van der Waals surface area contributed by atoms with Crippen molar-refractivity contribution in [3.63, 3.8) is 0 Å². The lowest BCUT2D eigenvalue weighted by Gasteiger charge is -2.18. The predicted molar refractivity (Wildman–Crippen MR) is 60.8 cm³/mol. The fraction of sp³-hybridized carbons (Fsp3) is 0.333. The lowest BCUT2D eigenvalue weighted by molar-refractivity contribution is 0.200. The van der Waals surface area contributed by atoms with E-state index in [0.29, 0.717) is 4.91 Å². The average Bonchev–Trinajstić information content (AvgIpc) is 2.30. The third kappa shape index (κ3) is 2.36. The van der Waals surface area contributed by atoms with Crippen molar-refractivity contribution >= 4 is 10.8 Å².